The van der Waals surface area contributed by atoms with Crippen molar-refractivity contribution in [2.75, 3.05) is 6.54 Å². The fraction of sp³-hybridized carbons (Fsp3) is 0.478. The zero-order chi connectivity index (χ0) is 24.7. The van der Waals surface area contributed by atoms with E-state index >= 15 is 0 Å². The predicted molar refractivity (Wildman–Crippen MR) is 125 cm³/mol. The van der Waals surface area contributed by atoms with E-state index in [2.05, 4.69) is 15.7 Å². The Kier molecular flexibility index (Phi) is 8.86. The van der Waals surface area contributed by atoms with Crippen molar-refractivity contribution < 1.29 is 23.6 Å². The van der Waals surface area contributed by atoms with Crippen molar-refractivity contribution in [2.45, 2.75) is 56.6 Å². The Labute approximate surface area is 201 Å². The molecule has 0 aliphatic heterocycles. The summed E-state index contributed by atoms with van der Waals surface area (Å²) in [4.78, 5) is 52.4. The van der Waals surface area contributed by atoms with Crippen molar-refractivity contribution in [3.05, 3.63) is 36.0 Å². The molecule has 3 rings (SSSR count). The van der Waals surface area contributed by atoms with Crippen LogP contribution in [0.1, 0.15) is 55.4 Å². The quantitative estimate of drug-likeness (QED) is 0.315. The zero-order valence-corrected chi connectivity index (χ0v) is 19.4. The monoisotopic (exact) mass is 493 g/mol. The molecule has 0 unspecified atom stereocenters. The third kappa shape index (κ3) is 6.93. The van der Waals surface area contributed by atoms with E-state index in [4.69, 9.17) is 17.3 Å². The minimum Gasteiger partial charge on any atom is -0.370 e. The van der Waals surface area contributed by atoms with E-state index in [1.807, 2.05) is 24.3 Å². The van der Waals surface area contributed by atoms with Crippen molar-refractivity contribution in [2.24, 2.45) is 11.7 Å². The highest BCUT2D eigenvalue weighted by molar-refractivity contribution is 6.29. The summed E-state index contributed by atoms with van der Waals surface area (Å²) in [7, 11) is 0. The molecule has 2 atom stereocenters. The van der Waals surface area contributed by atoms with Gasteiger partial charge in [0.2, 0.25) is 5.91 Å². The molecule has 1 aliphatic carbocycles. The van der Waals surface area contributed by atoms with E-state index in [9.17, 15) is 23.6 Å². The third-order valence-corrected chi connectivity index (χ3v) is 6.16. The predicted octanol–water partition coefficient (Wildman–Crippen LogP) is 2.51. The first-order valence-electron chi connectivity index (χ1n) is 11.3. The Hall–Kier alpha value is -3.14. The summed E-state index contributed by atoms with van der Waals surface area (Å²) in [5.41, 5.74) is 6.08. The summed E-state index contributed by atoms with van der Waals surface area (Å²) in [6, 6.07) is 8.08. The lowest BCUT2D eigenvalue weighted by Gasteiger charge is -2.29. The Balaban J connectivity index is 1.76. The summed E-state index contributed by atoms with van der Waals surface area (Å²) in [6.07, 6.45) is 5.09. The number of hydrogen-bond acceptors (Lipinski definition) is 4. The van der Waals surface area contributed by atoms with Gasteiger partial charge in [-0.05, 0) is 24.5 Å². The molecule has 1 aromatic carbocycles. The molecule has 184 valence electrons. The number of aromatic amines is 1. The molecule has 0 bridgehead atoms. The van der Waals surface area contributed by atoms with Gasteiger partial charge in [0.15, 0.2) is 0 Å². The number of amides is 4. The highest BCUT2D eigenvalue weighted by atomic mass is 35.5. The zero-order valence-electron chi connectivity index (χ0n) is 18.7. The standard InChI is InChI=1S/C23H29ClFN5O4/c24-20(25)23(34)30(11-10-19(26)31)29-22(33)17(12-14-6-2-1-3-7-14)28-21(32)18-13-15-8-4-5-9-16(15)27-18/h4-5,8-9,13-14,17,20,27H,1-3,6-7,10-12H2,(H2,26,31)(H,28,32)(H,29,33)/t17-,20-/m0/s1. The topological polar surface area (TPSA) is 137 Å². The van der Waals surface area contributed by atoms with E-state index < -0.39 is 35.3 Å². The molecule has 0 radical (unpaired) electrons. The van der Waals surface area contributed by atoms with Crippen molar-refractivity contribution in [1.82, 2.24) is 20.7 Å². The van der Waals surface area contributed by atoms with Gasteiger partial charge in [-0.3, -0.25) is 24.6 Å². The van der Waals surface area contributed by atoms with E-state index in [0.29, 0.717) is 11.4 Å². The smallest absolute Gasteiger partial charge is 0.291 e. The lowest BCUT2D eigenvalue weighted by molar-refractivity contribution is -0.144. The van der Waals surface area contributed by atoms with E-state index in [1.165, 1.54) is 0 Å². The molecular formula is C23H29ClFN5O4. The van der Waals surface area contributed by atoms with Crippen molar-refractivity contribution in [1.29, 1.82) is 0 Å². The van der Waals surface area contributed by atoms with E-state index in [1.54, 1.807) is 6.07 Å². The third-order valence-electron chi connectivity index (χ3n) is 5.97. The van der Waals surface area contributed by atoms with Gasteiger partial charge in [-0.25, -0.2) is 9.40 Å². The number of para-hydroxylation sites is 1. The summed E-state index contributed by atoms with van der Waals surface area (Å²) in [5.74, 6) is -2.94. The highest BCUT2D eigenvalue weighted by Crippen LogP contribution is 2.27. The van der Waals surface area contributed by atoms with Gasteiger partial charge in [-0.1, -0.05) is 61.9 Å². The maximum Gasteiger partial charge on any atom is 0.291 e. The Morgan fingerprint density at radius 1 is 1.18 bits per heavy atom. The Morgan fingerprint density at radius 3 is 2.53 bits per heavy atom. The van der Waals surface area contributed by atoms with Crippen molar-refractivity contribution in [3.8, 4) is 0 Å². The lowest BCUT2D eigenvalue weighted by atomic mass is 9.84. The van der Waals surface area contributed by atoms with Gasteiger partial charge in [0.05, 0.1) is 6.54 Å². The van der Waals surface area contributed by atoms with E-state index in [-0.39, 0.29) is 24.6 Å². The molecule has 1 aliphatic rings. The molecule has 11 heteroatoms. The van der Waals surface area contributed by atoms with Crippen LogP contribution in [0.5, 0.6) is 0 Å². The molecular weight excluding hydrogens is 465 g/mol. The van der Waals surface area contributed by atoms with Crippen LogP contribution in [0.3, 0.4) is 0 Å². The minimum atomic E-state index is -2.41. The van der Waals surface area contributed by atoms with Crippen LogP contribution in [0.15, 0.2) is 30.3 Å². The fourth-order valence-electron chi connectivity index (χ4n) is 4.19. The fourth-order valence-corrected chi connectivity index (χ4v) is 4.31. The molecule has 1 saturated carbocycles. The number of benzene rings is 1. The average Bonchev–Trinajstić information content (AvgIpc) is 3.25. The van der Waals surface area contributed by atoms with Gasteiger partial charge in [0.1, 0.15) is 11.7 Å². The number of alkyl halides is 2. The number of nitrogens with two attached hydrogens (primary N) is 1. The average molecular weight is 494 g/mol. The summed E-state index contributed by atoms with van der Waals surface area (Å²) >= 11 is 5.26. The number of nitrogens with one attached hydrogen (secondary N) is 3. The van der Waals surface area contributed by atoms with E-state index in [0.717, 1.165) is 43.0 Å². The van der Waals surface area contributed by atoms with Crippen LogP contribution in [0.2, 0.25) is 0 Å². The molecule has 1 fully saturated rings. The molecule has 4 amide bonds. The first-order chi connectivity index (χ1) is 16.2. The number of fused-ring (bicyclic) bond motifs is 1. The second kappa shape index (κ2) is 11.8. The largest absolute Gasteiger partial charge is 0.370 e. The number of primary amides is 1. The molecule has 34 heavy (non-hydrogen) atoms. The molecule has 0 spiro atoms. The number of carbonyl (C=O) groups is 4. The van der Waals surface area contributed by atoms with Crippen LogP contribution in [-0.4, -0.2) is 51.8 Å². The number of nitrogens with zero attached hydrogens (tertiary/aromatic N) is 1. The van der Waals surface area contributed by atoms with Crippen LogP contribution in [0.4, 0.5) is 4.39 Å². The SMILES string of the molecule is NC(=O)CCN(NC(=O)[C@H](CC1CCCCC1)NC(=O)c1cc2ccccc2[nH]1)C(=O)[C@H](F)Cl. The molecule has 1 aromatic heterocycles. The normalized spacial score (nSPS) is 15.9. The van der Waals surface area contributed by atoms with Gasteiger partial charge in [0.25, 0.3) is 23.4 Å². The van der Waals surface area contributed by atoms with Crippen molar-refractivity contribution in [3.63, 3.8) is 0 Å². The lowest BCUT2D eigenvalue weighted by Crippen LogP contribution is -2.56. The van der Waals surface area contributed by atoms with Crippen LogP contribution in [0.25, 0.3) is 10.9 Å². The van der Waals surface area contributed by atoms with Crippen LogP contribution in [-0.2, 0) is 14.4 Å². The Morgan fingerprint density at radius 2 is 1.88 bits per heavy atom. The molecule has 2 aromatic rings. The maximum absolute atomic E-state index is 13.5. The number of rotatable bonds is 9. The van der Waals surface area contributed by atoms with Crippen LogP contribution in [0, 0.1) is 5.92 Å². The molecule has 1 heterocycles. The van der Waals surface area contributed by atoms with Gasteiger partial charge < -0.3 is 16.0 Å². The number of H-pyrrole nitrogens is 1. The summed E-state index contributed by atoms with van der Waals surface area (Å²) in [5, 5.41) is 4.22. The van der Waals surface area contributed by atoms with Crippen LogP contribution < -0.4 is 16.5 Å². The number of hydrazine groups is 1. The molecule has 9 nitrogen and oxygen atoms in total. The van der Waals surface area contributed by atoms with Gasteiger partial charge in [-0.15, -0.1) is 0 Å². The number of carbonyl (C=O) groups excluding carboxylic acids is 4. The Bertz CT molecular complexity index is 1000. The maximum atomic E-state index is 13.5. The second-order valence-electron chi connectivity index (χ2n) is 8.52. The van der Waals surface area contributed by atoms with Gasteiger partial charge in [-0.2, -0.15) is 0 Å². The first kappa shape index (κ1) is 25.5. The summed E-state index contributed by atoms with van der Waals surface area (Å²) < 4.78 is 13.5. The number of hydrogen-bond donors (Lipinski definition) is 4. The minimum absolute atomic E-state index is 0.212. The van der Waals surface area contributed by atoms with Crippen molar-refractivity contribution >= 4 is 46.1 Å². The number of halogens is 2. The summed E-state index contributed by atoms with van der Waals surface area (Å²) in [6.45, 7) is -0.348. The second-order valence-corrected chi connectivity index (χ2v) is 8.90. The molecule has 5 N–H and O–H groups in total. The van der Waals surface area contributed by atoms with Gasteiger partial charge >= 0.3 is 0 Å². The number of aromatic nitrogens is 1. The van der Waals surface area contributed by atoms with Gasteiger partial charge in [0, 0.05) is 17.3 Å². The van der Waals surface area contributed by atoms with Crippen LogP contribution >= 0.6 is 11.6 Å². The first-order valence-corrected chi connectivity index (χ1v) is 11.7. The molecule has 0 saturated heterocycles. The highest BCUT2D eigenvalue weighted by Gasteiger charge is 2.30.